The van der Waals surface area contributed by atoms with Gasteiger partial charge in [0.15, 0.2) is 5.96 Å². The lowest BCUT2D eigenvalue weighted by Crippen LogP contribution is -2.41. The molecule has 24 heavy (non-hydrogen) atoms. The van der Waals surface area contributed by atoms with E-state index in [-0.39, 0.29) is 24.0 Å². The lowest BCUT2D eigenvalue weighted by Gasteiger charge is -2.31. The van der Waals surface area contributed by atoms with Crippen molar-refractivity contribution in [1.29, 1.82) is 0 Å². The van der Waals surface area contributed by atoms with Gasteiger partial charge in [0.1, 0.15) is 0 Å². The zero-order valence-corrected chi connectivity index (χ0v) is 18.0. The van der Waals surface area contributed by atoms with Crippen LogP contribution in [0, 0.1) is 0 Å². The molecule has 1 aromatic rings. The fourth-order valence-corrected chi connectivity index (χ4v) is 3.37. The van der Waals surface area contributed by atoms with Crippen LogP contribution >= 0.6 is 35.6 Å². The lowest BCUT2D eigenvalue weighted by molar-refractivity contribution is 0.0130. The molecule has 0 saturated heterocycles. The van der Waals surface area contributed by atoms with E-state index in [4.69, 9.17) is 11.6 Å². The number of aromatic nitrogens is 1. The molecule has 1 heterocycles. The number of aliphatic imine (C=N–C) groups is 1. The van der Waals surface area contributed by atoms with E-state index in [9.17, 15) is 5.11 Å². The van der Waals surface area contributed by atoms with Crippen LogP contribution in [-0.4, -0.2) is 46.3 Å². The van der Waals surface area contributed by atoms with Gasteiger partial charge in [0.25, 0.3) is 0 Å². The van der Waals surface area contributed by atoms with E-state index in [0.717, 1.165) is 48.9 Å². The van der Waals surface area contributed by atoms with Gasteiger partial charge in [-0.25, -0.2) is 0 Å². The van der Waals surface area contributed by atoms with Crippen molar-refractivity contribution in [3.05, 3.63) is 23.0 Å². The maximum absolute atomic E-state index is 10.6. The second-order valence-electron chi connectivity index (χ2n) is 6.57. The van der Waals surface area contributed by atoms with Crippen LogP contribution in [0.4, 0.5) is 0 Å². The number of nitrogens with one attached hydrogen (secondary N) is 1. The Morgan fingerprint density at radius 2 is 2.08 bits per heavy atom. The summed E-state index contributed by atoms with van der Waals surface area (Å²) in [6.45, 7) is 4.04. The van der Waals surface area contributed by atoms with Crippen molar-refractivity contribution < 1.29 is 5.11 Å². The lowest BCUT2D eigenvalue weighted by atomic mass is 9.85. The maximum Gasteiger partial charge on any atom is 0.194 e. The van der Waals surface area contributed by atoms with Gasteiger partial charge in [0.2, 0.25) is 0 Å². The molecular formula is C17H30ClIN4O. The molecule has 0 amide bonds. The van der Waals surface area contributed by atoms with Gasteiger partial charge in [0, 0.05) is 32.5 Å². The highest BCUT2D eigenvalue weighted by molar-refractivity contribution is 14.0. The summed E-state index contributed by atoms with van der Waals surface area (Å²) in [5.74, 6) is 0.823. The van der Waals surface area contributed by atoms with Crippen LogP contribution in [0.3, 0.4) is 0 Å². The van der Waals surface area contributed by atoms with Crippen LogP contribution in [0.5, 0.6) is 0 Å². The summed E-state index contributed by atoms with van der Waals surface area (Å²) in [7, 11) is 4.00. The molecule has 0 spiro atoms. The van der Waals surface area contributed by atoms with Gasteiger partial charge in [-0.1, -0.05) is 30.9 Å². The normalized spacial score (nSPS) is 17.3. The molecule has 1 aliphatic carbocycles. The van der Waals surface area contributed by atoms with Crippen LogP contribution in [0.2, 0.25) is 5.02 Å². The Labute approximate surface area is 167 Å². The highest BCUT2D eigenvalue weighted by atomic mass is 127. The largest absolute Gasteiger partial charge is 0.388 e. The summed E-state index contributed by atoms with van der Waals surface area (Å²) in [6.07, 6.45) is 7.03. The Hall–Kier alpha value is -0.470. The van der Waals surface area contributed by atoms with Crippen molar-refractivity contribution >= 4 is 41.5 Å². The molecule has 0 radical (unpaired) electrons. The molecule has 1 saturated carbocycles. The van der Waals surface area contributed by atoms with Gasteiger partial charge in [-0.3, -0.25) is 4.99 Å². The predicted octanol–water partition coefficient (Wildman–Crippen LogP) is 3.39. The van der Waals surface area contributed by atoms with Crippen LogP contribution in [0.25, 0.3) is 0 Å². The molecule has 2 rings (SSSR count). The summed E-state index contributed by atoms with van der Waals surface area (Å²) in [5.41, 5.74) is 0.494. The molecule has 2 N–H and O–H groups in total. The fourth-order valence-electron chi connectivity index (χ4n) is 3.10. The molecule has 5 nitrogen and oxygen atoms in total. The SMILES string of the molecule is CCNC(=NCC1(O)CCCCC1)N(C)Cc1cc(Cl)cn1C.I. The van der Waals surface area contributed by atoms with E-state index in [2.05, 4.69) is 22.1 Å². The standard InChI is InChI=1S/C17H29ClN4O.HI/c1-4-19-16(20-13-17(23)8-6-5-7-9-17)22(3)12-15-10-14(18)11-21(15)2;/h10-11,23H,4-9,12-13H2,1-3H3,(H,19,20);1H. The molecule has 1 aliphatic rings. The van der Waals surface area contributed by atoms with Crippen LogP contribution in [0.15, 0.2) is 17.3 Å². The Balaban J connectivity index is 0.00000288. The third-order valence-electron chi connectivity index (χ3n) is 4.48. The Morgan fingerprint density at radius 1 is 1.42 bits per heavy atom. The zero-order chi connectivity index (χ0) is 16.9. The molecule has 0 aliphatic heterocycles. The monoisotopic (exact) mass is 468 g/mol. The fraction of sp³-hybridized carbons (Fsp3) is 0.706. The van der Waals surface area contributed by atoms with Crippen molar-refractivity contribution in [2.24, 2.45) is 12.0 Å². The third kappa shape index (κ3) is 6.11. The van der Waals surface area contributed by atoms with E-state index in [1.807, 2.05) is 30.9 Å². The summed E-state index contributed by atoms with van der Waals surface area (Å²) in [6, 6.07) is 1.97. The van der Waals surface area contributed by atoms with E-state index >= 15 is 0 Å². The zero-order valence-electron chi connectivity index (χ0n) is 14.9. The van der Waals surface area contributed by atoms with Gasteiger partial charge in [-0.05, 0) is 25.8 Å². The molecule has 0 bridgehead atoms. The second-order valence-corrected chi connectivity index (χ2v) is 7.01. The van der Waals surface area contributed by atoms with E-state index < -0.39 is 5.60 Å². The van der Waals surface area contributed by atoms with Crippen molar-refractivity contribution in [2.45, 2.75) is 51.2 Å². The smallest absolute Gasteiger partial charge is 0.194 e. The minimum atomic E-state index is -0.631. The molecule has 0 atom stereocenters. The minimum Gasteiger partial charge on any atom is -0.388 e. The number of aryl methyl sites for hydroxylation is 1. The van der Waals surface area contributed by atoms with Crippen LogP contribution in [-0.2, 0) is 13.6 Å². The molecule has 1 fully saturated rings. The first-order valence-electron chi connectivity index (χ1n) is 8.46. The first-order chi connectivity index (χ1) is 10.9. The third-order valence-corrected chi connectivity index (χ3v) is 4.68. The first-order valence-corrected chi connectivity index (χ1v) is 8.84. The number of halogens is 2. The first kappa shape index (κ1) is 21.6. The molecule has 138 valence electrons. The predicted molar refractivity (Wildman–Crippen MR) is 111 cm³/mol. The maximum atomic E-state index is 10.6. The highest BCUT2D eigenvalue weighted by Crippen LogP contribution is 2.28. The summed E-state index contributed by atoms with van der Waals surface area (Å²) in [4.78, 5) is 6.75. The van der Waals surface area contributed by atoms with Gasteiger partial charge in [0.05, 0.1) is 23.7 Å². The van der Waals surface area contributed by atoms with Crippen molar-refractivity contribution in [3.8, 4) is 0 Å². The van der Waals surface area contributed by atoms with Gasteiger partial charge >= 0.3 is 0 Å². The van der Waals surface area contributed by atoms with Gasteiger partial charge in [-0.15, -0.1) is 24.0 Å². The second kappa shape index (κ2) is 9.87. The van der Waals surface area contributed by atoms with E-state index in [1.54, 1.807) is 0 Å². The number of aliphatic hydroxyl groups is 1. The van der Waals surface area contributed by atoms with E-state index in [1.165, 1.54) is 6.42 Å². The quantitative estimate of drug-likeness (QED) is 0.396. The molecule has 1 aromatic heterocycles. The van der Waals surface area contributed by atoms with Gasteiger partial charge < -0.3 is 19.9 Å². The number of hydrogen-bond acceptors (Lipinski definition) is 2. The molecular weight excluding hydrogens is 439 g/mol. The Kier molecular flexibility index (Phi) is 8.87. The number of hydrogen-bond donors (Lipinski definition) is 2. The summed E-state index contributed by atoms with van der Waals surface area (Å²) >= 11 is 6.05. The van der Waals surface area contributed by atoms with Crippen LogP contribution < -0.4 is 5.32 Å². The van der Waals surface area contributed by atoms with E-state index in [0.29, 0.717) is 13.1 Å². The average Bonchev–Trinajstić information content (AvgIpc) is 2.82. The number of guanidine groups is 1. The molecule has 0 unspecified atom stereocenters. The van der Waals surface area contributed by atoms with Gasteiger partial charge in [-0.2, -0.15) is 0 Å². The average molecular weight is 469 g/mol. The number of nitrogens with zero attached hydrogens (tertiary/aromatic N) is 3. The topological polar surface area (TPSA) is 52.8 Å². The Bertz CT molecular complexity index is 541. The molecule has 0 aromatic carbocycles. The van der Waals surface area contributed by atoms with Crippen molar-refractivity contribution in [1.82, 2.24) is 14.8 Å². The van der Waals surface area contributed by atoms with Crippen molar-refractivity contribution in [2.75, 3.05) is 20.1 Å². The van der Waals surface area contributed by atoms with Crippen LogP contribution in [0.1, 0.15) is 44.7 Å². The number of rotatable bonds is 5. The summed E-state index contributed by atoms with van der Waals surface area (Å²) < 4.78 is 2.02. The Morgan fingerprint density at radius 3 is 2.62 bits per heavy atom. The minimum absolute atomic E-state index is 0. The highest BCUT2D eigenvalue weighted by Gasteiger charge is 2.29. The summed E-state index contributed by atoms with van der Waals surface area (Å²) in [5, 5.41) is 14.7. The van der Waals surface area contributed by atoms with Crippen molar-refractivity contribution in [3.63, 3.8) is 0 Å². The molecule has 7 heteroatoms.